The number of carbonyl (C=O) groups excluding carboxylic acids is 2. The van der Waals surface area contributed by atoms with Gasteiger partial charge in [0.1, 0.15) is 17.5 Å². The molecule has 3 aliphatic rings. The molecule has 3 amide bonds. The van der Waals surface area contributed by atoms with E-state index in [0.717, 1.165) is 44.3 Å². The fraction of sp³-hybridized carbons (Fsp3) is 0.618. The summed E-state index contributed by atoms with van der Waals surface area (Å²) in [7, 11) is 3.33. The average Bonchev–Trinajstić information content (AvgIpc) is 3.64. The number of aromatic nitrogens is 2. The third-order valence-corrected chi connectivity index (χ3v) is 9.42. The summed E-state index contributed by atoms with van der Waals surface area (Å²) in [5.74, 6) is 1.51. The highest BCUT2D eigenvalue weighted by molar-refractivity contribution is 6.04. The standard InChI is InChI=1S/C34H49N7O7/c1-4-27-32(43)39(2)28-22-36-33(38-30(28)41(27)24-9-5-6-10-24)37-26-12-11-23(21-29(26)46-3)31(42)35-15-7-8-18-47-19-20-48-25-13-16-40(17-14-25)34(44)45/h11-12,21-22,24-25,27H,4-10,13-20H2,1-3H3,(H,35,42)(H,44,45)(H,36,37,38)/t27-/m1/s1. The van der Waals surface area contributed by atoms with Crippen LogP contribution in [0.25, 0.3) is 0 Å². The Kier molecular flexibility index (Phi) is 12.3. The van der Waals surface area contributed by atoms with Crippen LogP contribution in [0.3, 0.4) is 0 Å². The number of nitrogens with one attached hydrogen (secondary N) is 2. The molecule has 5 rings (SSSR count). The SMILES string of the molecule is CC[C@@H]1C(=O)N(C)c2cnc(Nc3ccc(C(=O)NCCCCOCCOC4CCN(C(=O)O)CC4)cc3OC)nc2N1C1CCCC1. The van der Waals surface area contributed by atoms with Crippen molar-refractivity contribution < 1.29 is 33.7 Å². The van der Waals surface area contributed by atoms with E-state index in [1.807, 2.05) is 6.92 Å². The van der Waals surface area contributed by atoms with Crippen LogP contribution in [0.5, 0.6) is 5.75 Å². The minimum absolute atomic E-state index is 0.0695. The maximum atomic E-state index is 13.2. The lowest BCUT2D eigenvalue weighted by atomic mass is 10.0. The van der Waals surface area contributed by atoms with Crippen LogP contribution in [0, 0.1) is 0 Å². The Bertz CT molecular complexity index is 1410. The van der Waals surface area contributed by atoms with Crippen LogP contribution in [0.2, 0.25) is 0 Å². The van der Waals surface area contributed by atoms with Gasteiger partial charge in [0.25, 0.3) is 5.91 Å². The van der Waals surface area contributed by atoms with Gasteiger partial charge in [-0.25, -0.2) is 9.78 Å². The topological polar surface area (TPSA) is 159 Å². The molecule has 1 saturated carbocycles. The summed E-state index contributed by atoms with van der Waals surface area (Å²) >= 11 is 0. The predicted molar refractivity (Wildman–Crippen MR) is 181 cm³/mol. The summed E-state index contributed by atoms with van der Waals surface area (Å²) in [5.41, 5.74) is 1.80. The van der Waals surface area contributed by atoms with Gasteiger partial charge in [-0.3, -0.25) is 9.59 Å². The summed E-state index contributed by atoms with van der Waals surface area (Å²) in [6, 6.07) is 5.22. The molecule has 2 aliphatic heterocycles. The number of unbranched alkanes of at least 4 members (excludes halogenated alkanes) is 1. The van der Waals surface area contributed by atoms with Gasteiger partial charge >= 0.3 is 6.09 Å². The second kappa shape index (κ2) is 16.8. The van der Waals surface area contributed by atoms with Crippen LogP contribution in [0.15, 0.2) is 24.4 Å². The van der Waals surface area contributed by atoms with E-state index in [1.165, 1.54) is 4.90 Å². The quantitative estimate of drug-likeness (QED) is 0.231. The molecule has 0 spiro atoms. The first-order valence-corrected chi connectivity index (χ1v) is 17.1. The summed E-state index contributed by atoms with van der Waals surface area (Å²) < 4.78 is 17.1. The van der Waals surface area contributed by atoms with Crippen molar-refractivity contribution in [2.75, 3.05) is 68.7 Å². The van der Waals surface area contributed by atoms with E-state index in [2.05, 4.69) is 20.5 Å². The van der Waals surface area contributed by atoms with Crippen LogP contribution in [0.1, 0.15) is 75.1 Å². The molecule has 3 heterocycles. The molecule has 1 saturated heterocycles. The Morgan fingerprint density at radius 2 is 1.83 bits per heavy atom. The molecular formula is C34H49N7O7. The minimum atomic E-state index is -0.874. The van der Waals surface area contributed by atoms with E-state index < -0.39 is 6.09 Å². The average molecular weight is 668 g/mol. The minimum Gasteiger partial charge on any atom is -0.495 e. The zero-order chi connectivity index (χ0) is 34.0. The van der Waals surface area contributed by atoms with E-state index in [9.17, 15) is 14.4 Å². The predicted octanol–water partition coefficient (Wildman–Crippen LogP) is 4.42. The van der Waals surface area contributed by atoms with Crippen LogP contribution in [0.4, 0.5) is 27.9 Å². The maximum absolute atomic E-state index is 13.2. The van der Waals surface area contributed by atoms with Crippen molar-refractivity contribution in [2.24, 2.45) is 0 Å². The molecule has 2 aromatic rings. The number of ether oxygens (including phenoxy) is 3. The van der Waals surface area contributed by atoms with E-state index >= 15 is 0 Å². The third-order valence-electron chi connectivity index (χ3n) is 9.42. The van der Waals surface area contributed by atoms with E-state index in [0.29, 0.717) is 87.4 Å². The number of methoxy groups -OCH3 is 1. The Hall–Kier alpha value is -4.17. The maximum Gasteiger partial charge on any atom is 0.407 e. The molecular weight excluding hydrogens is 618 g/mol. The molecule has 1 aliphatic carbocycles. The Balaban J connectivity index is 1.07. The number of rotatable bonds is 15. The molecule has 1 aromatic heterocycles. The Morgan fingerprint density at radius 1 is 1.06 bits per heavy atom. The number of hydrogen-bond acceptors (Lipinski definition) is 10. The normalized spacial score (nSPS) is 18.6. The highest BCUT2D eigenvalue weighted by Gasteiger charge is 2.41. The highest BCUT2D eigenvalue weighted by atomic mass is 16.5. The first kappa shape index (κ1) is 35.1. The monoisotopic (exact) mass is 667 g/mol. The lowest BCUT2D eigenvalue weighted by molar-refractivity contribution is -0.120. The summed E-state index contributed by atoms with van der Waals surface area (Å²) in [6.45, 7) is 5.10. The van der Waals surface area contributed by atoms with Gasteiger partial charge in [-0.05, 0) is 63.1 Å². The Morgan fingerprint density at radius 3 is 2.54 bits per heavy atom. The van der Waals surface area contributed by atoms with Crippen molar-refractivity contribution in [3.8, 4) is 5.75 Å². The number of anilines is 4. The third kappa shape index (κ3) is 8.45. The summed E-state index contributed by atoms with van der Waals surface area (Å²) in [5, 5.41) is 15.2. The zero-order valence-corrected chi connectivity index (χ0v) is 28.3. The summed E-state index contributed by atoms with van der Waals surface area (Å²) in [4.78, 5) is 51.8. The molecule has 1 atom stereocenters. The van der Waals surface area contributed by atoms with Crippen molar-refractivity contribution >= 4 is 41.0 Å². The van der Waals surface area contributed by atoms with Crippen molar-refractivity contribution in [1.82, 2.24) is 20.2 Å². The van der Waals surface area contributed by atoms with Crippen LogP contribution in [-0.2, 0) is 14.3 Å². The second-order valence-corrected chi connectivity index (χ2v) is 12.5. The van der Waals surface area contributed by atoms with Gasteiger partial charge in [-0.15, -0.1) is 0 Å². The molecule has 14 nitrogen and oxygen atoms in total. The van der Waals surface area contributed by atoms with E-state index in [1.54, 1.807) is 43.5 Å². The molecule has 0 bridgehead atoms. The van der Waals surface area contributed by atoms with Crippen molar-refractivity contribution in [3.05, 3.63) is 30.0 Å². The first-order chi connectivity index (χ1) is 23.3. The molecule has 48 heavy (non-hydrogen) atoms. The van der Waals surface area contributed by atoms with Gasteiger partial charge in [0.2, 0.25) is 11.9 Å². The first-order valence-electron chi connectivity index (χ1n) is 17.1. The lowest BCUT2D eigenvalue weighted by Gasteiger charge is -2.43. The molecule has 262 valence electrons. The van der Waals surface area contributed by atoms with Crippen molar-refractivity contribution in [2.45, 2.75) is 82.9 Å². The number of hydrogen-bond donors (Lipinski definition) is 3. The number of nitrogens with zero attached hydrogens (tertiary/aromatic N) is 5. The summed E-state index contributed by atoms with van der Waals surface area (Å²) in [6.07, 6.45) is 8.96. The van der Waals surface area contributed by atoms with Crippen molar-refractivity contribution in [3.63, 3.8) is 0 Å². The number of carbonyl (C=O) groups is 3. The second-order valence-electron chi connectivity index (χ2n) is 12.5. The highest BCUT2D eigenvalue weighted by Crippen LogP contribution is 2.40. The number of likely N-dealkylation sites (N-methyl/N-ethyl adjacent to an activating group) is 1. The fourth-order valence-electron chi connectivity index (χ4n) is 6.72. The number of likely N-dealkylation sites (tertiary alicyclic amines) is 1. The lowest BCUT2D eigenvalue weighted by Crippen LogP contribution is -2.55. The van der Waals surface area contributed by atoms with Gasteiger partial charge in [-0.1, -0.05) is 19.8 Å². The smallest absolute Gasteiger partial charge is 0.407 e. The number of benzene rings is 1. The Labute approximate surface area is 282 Å². The van der Waals surface area contributed by atoms with Crippen LogP contribution >= 0.6 is 0 Å². The van der Waals surface area contributed by atoms with Gasteiger partial charge in [0.15, 0.2) is 5.82 Å². The van der Waals surface area contributed by atoms with Gasteiger partial charge in [0, 0.05) is 44.9 Å². The zero-order valence-electron chi connectivity index (χ0n) is 28.3. The van der Waals surface area contributed by atoms with Gasteiger partial charge in [-0.2, -0.15) is 4.98 Å². The van der Waals surface area contributed by atoms with Crippen LogP contribution < -0.4 is 25.2 Å². The van der Waals surface area contributed by atoms with E-state index in [4.69, 9.17) is 24.3 Å². The van der Waals surface area contributed by atoms with Gasteiger partial charge < -0.3 is 44.7 Å². The van der Waals surface area contributed by atoms with Crippen LogP contribution in [-0.4, -0.2) is 110 Å². The number of carboxylic acid groups (broad SMARTS) is 1. The molecule has 14 heteroatoms. The fourth-order valence-corrected chi connectivity index (χ4v) is 6.72. The molecule has 0 radical (unpaired) electrons. The molecule has 1 aromatic carbocycles. The molecule has 3 N–H and O–H groups in total. The number of amides is 3. The van der Waals surface area contributed by atoms with Crippen molar-refractivity contribution in [1.29, 1.82) is 0 Å². The van der Waals surface area contributed by atoms with E-state index in [-0.39, 0.29) is 30.0 Å². The largest absolute Gasteiger partial charge is 0.495 e. The molecule has 2 fully saturated rings. The van der Waals surface area contributed by atoms with Gasteiger partial charge in [0.05, 0.1) is 38.3 Å². The number of fused-ring (bicyclic) bond motifs is 1. The molecule has 0 unspecified atom stereocenters. The number of piperidine rings is 1.